The maximum absolute atomic E-state index is 14.8. The SMILES string of the molecule is Cc1ccc(CN(C(=O)CN(c2ccc(Oc3ccccc3)cc2)S(=O)(=O)c2ccc(C)cc2)[C@H](Cc2ccccc2)C(=O)NC2CCCC2)cc1. The van der Waals surface area contributed by atoms with Gasteiger partial charge in [-0.15, -0.1) is 0 Å². The van der Waals surface area contributed by atoms with Gasteiger partial charge >= 0.3 is 0 Å². The molecule has 0 unspecified atom stereocenters. The number of carbonyl (C=O) groups excluding carboxylic acids is 2. The van der Waals surface area contributed by atoms with E-state index < -0.39 is 28.5 Å². The van der Waals surface area contributed by atoms with E-state index in [1.165, 1.54) is 0 Å². The lowest BCUT2D eigenvalue weighted by molar-refractivity contribution is -0.140. The summed E-state index contributed by atoms with van der Waals surface area (Å²) in [6.07, 6.45) is 4.14. The largest absolute Gasteiger partial charge is 0.457 e. The first-order valence-electron chi connectivity index (χ1n) is 17.8. The third-order valence-electron chi connectivity index (χ3n) is 9.44. The molecule has 0 saturated heterocycles. The van der Waals surface area contributed by atoms with E-state index in [-0.39, 0.29) is 29.8 Å². The first-order valence-corrected chi connectivity index (χ1v) is 19.2. The molecule has 52 heavy (non-hydrogen) atoms. The standard InChI is InChI=1S/C43H45N3O5S/c1-32-17-21-35(22-18-32)30-45(41(29-34-11-5-3-6-12-34)43(48)44-36-13-9-10-14-36)42(47)31-46(52(49,50)40-27-19-33(2)20-28-40)37-23-25-39(26-24-37)51-38-15-7-4-8-16-38/h3-8,11-12,15-28,36,41H,9-10,13-14,29-31H2,1-2H3,(H,44,48)/t41-/m1/s1. The summed E-state index contributed by atoms with van der Waals surface area (Å²) in [5.41, 5.74) is 4.00. The van der Waals surface area contributed by atoms with Crippen molar-refractivity contribution in [1.29, 1.82) is 0 Å². The van der Waals surface area contributed by atoms with Gasteiger partial charge in [-0.25, -0.2) is 8.42 Å². The number of amides is 2. The number of carbonyl (C=O) groups is 2. The molecule has 0 bridgehead atoms. The summed E-state index contributed by atoms with van der Waals surface area (Å²) in [7, 11) is -4.23. The van der Waals surface area contributed by atoms with Crippen LogP contribution in [0, 0.1) is 13.8 Å². The van der Waals surface area contributed by atoms with Gasteiger partial charge in [0.1, 0.15) is 24.1 Å². The minimum absolute atomic E-state index is 0.0390. The number of para-hydroxylation sites is 1. The number of sulfonamides is 1. The van der Waals surface area contributed by atoms with Crippen molar-refractivity contribution in [1.82, 2.24) is 10.2 Å². The van der Waals surface area contributed by atoms with Crippen molar-refractivity contribution in [3.8, 4) is 11.5 Å². The summed E-state index contributed by atoms with van der Waals surface area (Å²) < 4.78 is 36.0. The lowest BCUT2D eigenvalue weighted by atomic mass is 10.0. The van der Waals surface area contributed by atoms with E-state index in [4.69, 9.17) is 4.74 Å². The molecular formula is C43H45N3O5S. The molecular weight excluding hydrogens is 671 g/mol. The fourth-order valence-corrected chi connectivity index (χ4v) is 7.90. The van der Waals surface area contributed by atoms with E-state index in [1.807, 2.05) is 98.8 Å². The molecule has 2 amide bonds. The van der Waals surface area contributed by atoms with Crippen molar-refractivity contribution < 1.29 is 22.7 Å². The van der Waals surface area contributed by atoms with Crippen molar-refractivity contribution in [3.05, 3.63) is 156 Å². The number of nitrogens with zero attached hydrogens (tertiary/aromatic N) is 2. The van der Waals surface area contributed by atoms with E-state index in [9.17, 15) is 18.0 Å². The Hall–Kier alpha value is -5.41. The first-order chi connectivity index (χ1) is 25.2. The van der Waals surface area contributed by atoms with Crippen LogP contribution in [-0.2, 0) is 32.6 Å². The van der Waals surface area contributed by atoms with E-state index in [2.05, 4.69) is 5.32 Å². The Balaban J connectivity index is 1.38. The highest BCUT2D eigenvalue weighted by molar-refractivity contribution is 7.92. The van der Waals surface area contributed by atoms with Crippen LogP contribution in [0.2, 0.25) is 0 Å². The summed E-state index contributed by atoms with van der Waals surface area (Å²) >= 11 is 0. The monoisotopic (exact) mass is 715 g/mol. The Morgan fingerprint density at radius 1 is 0.712 bits per heavy atom. The predicted octanol–water partition coefficient (Wildman–Crippen LogP) is 7.99. The third-order valence-corrected chi connectivity index (χ3v) is 11.2. The predicted molar refractivity (Wildman–Crippen MR) is 205 cm³/mol. The number of hydrogen-bond donors (Lipinski definition) is 1. The number of nitrogens with one attached hydrogen (secondary N) is 1. The number of ether oxygens (including phenoxy) is 1. The van der Waals surface area contributed by atoms with Crippen LogP contribution < -0.4 is 14.4 Å². The number of hydrogen-bond acceptors (Lipinski definition) is 5. The molecule has 0 radical (unpaired) electrons. The average molecular weight is 716 g/mol. The van der Waals surface area contributed by atoms with E-state index >= 15 is 0 Å². The summed E-state index contributed by atoms with van der Waals surface area (Å²) in [6, 6.07) is 39.1. The van der Waals surface area contributed by atoms with Crippen LogP contribution in [0.5, 0.6) is 11.5 Å². The lowest BCUT2D eigenvalue weighted by Crippen LogP contribution is -2.54. The van der Waals surface area contributed by atoms with Gasteiger partial charge in [0, 0.05) is 19.0 Å². The zero-order valence-electron chi connectivity index (χ0n) is 29.7. The van der Waals surface area contributed by atoms with Gasteiger partial charge in [-0.2, -0.15) is 0 Å². The number of anilines is 1. The molecule has 1 saturated carbocycles. The van der Waals surface area contributed by atoms with Gasteiger partial charge in [0.2, 0.25) is 11.8 Å². The first kappa shape index (κ1) is 36.4. The molecule has 9 heteroatoms. The summed E-state index contributed by atoms with van der Waals surface area (Å²) in [5.74, 6) is 0.415. The Kier molecular flexibility index (Phi) is 11.7. The zero-order valence-corrected chi connectivity index (χ0v) is 30.5. The summed E-state index contributed by atoms with van der Waals surface area (Å²) in [4.78, 5) is 30.7. The molecule has 0 aromatic heterocycles. The fraction of sp³-hybridized carbons (Fsp3) is 0.256. The van der Waals surface area contributed by atoms with Gasteiger partial charge in [0.05, 0.1) is 10.6 Å². The van der Waals surface area contributed by atoms with Crippen LogP contribution in [-0.4, -0.2) is 43.8 Å². The molecule has 8 nitrogen and oxygen atoms in total. The maximum atomic E-state index is 14.8. The molecule has 0 aliphatic heterocycles. The quantitative estimate of drug-likeness (QED) is 0.126. The minimum Gasteiger partial charge on any atom is -0.457 e. The van der Waals surface area contributed by atoms with Gasteiger partial charge < -0.3 is 15.0 Å². The second-order valence-electron chi connectivity index (χ2n) is 13.4. The highest BCUT2D eigenvalue weighted by atomic mass is 32.2. The fourth-order valence-electron chi connectivity index (χ4n) is 6.48. The molecule has 6 rings (SSSR count). The van der Waals surface area contributed by atoms with Crippen molar-refractivity contribution >= 4 is 27.5 Å². The minimum atomic E-state index is -4.23. The van der Waals surface area contributed by atoms with Crippen molar-refractivity contribution in [2.24, 2.45) is 0 Å². The molecule has 1 N–H and O–H groups in total. The molecule has 1 atom stereocenters. The second kappa shape index (κ2) is 16.7. The molecule has 1 fully saturated rings. The normalized spacial score (nSPS) is 13.7. The van der Waals surface area contributed by atoms with Crippen LogP contribution in [0.1, 0.15) is 47.9 Å². The molecule has 5 aromatic rings. The number of aryl methyl sites for hydroxylation is 2. The number of rotatable bonds is 14. The van der Waals surface area contributed by atoms with Gasteiger partial charge in [0.25, 0.3) is 10.0 Å². The number of benzene rings is 5. The van der Waals surface area contributed by atoms with Gasteiger partial charge in [-0.3, -0.25) is 13.9 Å². The van der Waals surface area contributed by atoms with E-state index in [1.54, 1.807) is 53.4 Å². The van der Waals surface area contributed by atoms with Crippen LogP contribution in [0.3, 0.4) is 0 Å². The smallest absolute Gasteiger partial charge is 0.264 e. The van der Waals surface area contributed by atoms with Crippen LogP contribution in [0.15, 0.2) is 138 Å². The Morgan fingerprint density at radius 2 is 1.27 bits per heavy atom. The highest BCUT2D eigenvalue weighted by Crippen LogP contribution is 2.29. The molecule has 0 heterocycles. The van der Waals surface area contributed by atoms with Crippen LogP contribution in [0.4, 0.5) is 5.69 Å². The molecule has 0 spiro atoms. The Labute approximate surface area is 307 Å². The van der Waals surface area contributed by atoms with Crippen molar-refractivity contribution in [2.45, 2.75) is 69.5 Å². The maximum Gasteiger partial charge on any atom is 0.264 e. The third kappa shape index (κ3) is 9.27. The van der Waals surface area contributed by atoms with Crippen molar-refractivity contribution in [2.75, 3.05) is 10.8 Å². The van der Waals surface area contributed by atoms with Gasteiger partial charge in [-0.1, -0.05) is 109 Å². The molecule has 5 aromatic carbocycles. The zero-order chi connectivity index (χ0) is 36.5. The van der Waals surface area contributed by atoms with Crippen molar-refractivity contribution in [3.63, 3.8) is 0 Å². The topological polar surface area (TPSA) is 96.0 Å². The molecule has 1 aliphatic rings. The summed E-state index contributed by atoms with van der Waals surface area (Å²) in [6.45, 7) is 3.47. The summed E-state index contributed by atoms with van der Waals surface area (Å²) in [5, 5.41) is 3.22. The Bertz CT molecular complexity index is 2030. The van der Waals surface area contributed by atoms with Gasteiger partial charge in [-0.05, 0) is 86.3 Å². The molecule has 268 valence electrons. The van der Waals surface area contributed by atoms with E-state index in [0.29, 0.717) is 17.2 Å². The lowest BCUT2D eigenvalue weighted by Gasteiger charge is -2.34. The highest BCUT2D eigenvalue weighted by Gasteiger charge is 2.35. The average Bonchev–Trinajstić information content (AvgIpc) is 3.67. The van der Waals surface area contributed by atoms with Crippen LogP contribution >= 0.6 is 0 Å². The van der Waals surface area contributed by atoms with Crippen LogP contribution in [0.25, 0.3) is 0 Å². The Morgan fingerprint density at radius 3 is 1.88 bits per heavy atom. The molecule has 1 aliphatic carbocycles. The van der Waals surface area contributed by atoms with Gasteiger partial charge in [0.15, 0.2) is 0 Å². The second-order valence-corrected chi connectivity index (χ2v) is 15.3. The van der Waals surface area contributed by atoms with E-state index in [0.717, 1.165) is 52.2 Å².